The van der Waals surface area contributed by atoms with E-state index in [-0.39, 0.29) is 0 Å². The molecule has 11 aromatic rings. The summed E-state index contributed by atoms with van der Waals surface area (Å²) in [5.41, 5.74) is 9.95. The molecule has 0 fully saturated rings. The molecule has 0 aliphatic rings. The van der Waals surface area contributed by atoms with Crippen LogP contribution in [0.2, 0.25) is 0 Å². The van der Waals surface area contributed by atoms with Gasteiger partial charge in [-0.2, -0.15) is 0 Å². The summed E-state index contributed by atoms with van der Waals surface area (Å²) in [5.74, 6) is 0.622. The zero-order chi connectivity index (χ0) is 32.1. The Morgan fingerprint density at radius 3 is 1.76 bits per heavy atom. The van der Waals surface area contributed by atoms with Crippen LogP contribution in [0.3, 0.4) is 0 Å². The molecule has 0 saturated heterocycles. The van der Waals surface area contributed by atoms with Crippen molar-refractivity contribution < 1.29 is 4.42 Å². The predicted molar refractivity (Wildman–Crippen MR) is 201 cm³/mol. The van der Waals surface area contributed by atoms with E-state index < -0.39 is 0 Å². The van der Waals surface area contributed by atoms with Crippen molar-refractivity contribution in [1.82, 2.24) is 19.1 Å². The molecule has 0 saturated carbocycles. The summed E-state index contributed by atoms with van der Waals surface area (Å²) in [4.78, 5) is 10.7. The average Bonchev–Trinajstić information content (AvgIpc) is 3.83. The third-order valence-corrected chi connectivity index (χ3v) is 9.90. The van der Waals surface area contributed by atoms with Crippen molar-refractivity contribution in [2.45, 2.75) is 0 Å². The number of rotatable bonds is 3. The number of furan rings is 1. The number of fused-ring (bicyclic) bond motifs is 13. The largest absolute Gasteiger partial charge is 0.455 e. The molecule has 7 aromatic carbocycles. The molecule has 49 heavy (non-hydrogen) atoms. The lowest BCUT2D eigenvalue weighted by Crippen LogP contribution is -2.03. The molecular formula is C44H26N4O. The fraction of sp³-hybridized carbons (Fsp3) is 0. The van der Waals surface area contributed by atoms with Gasteiger partial charge in [0.2, 0.25) is 5.95 Å². The SMILES string of the molecule is c1ccc(-c2nc(-n3c4ccccc4c4c5oc6ccccc6c5c5c(c6ccccc6n5-c5ccccc5)c43)nc3ccccc23)cc1. The van der Waals surface area contributed by atoms with E-state index in [0.717, 1.165) is 93.4 Å². The summed E-state index contributed by atoms with van der Waals surface area (Å²) in [7, 11) is 0. The van der Waals surface area contributed by atoms with E-state index in [9.17, 15) is 0 Å². The molecule has 0 radical (unpaired) electrons. The fourth-order valence-electron chi connectivity index (χ4n) is 7.91. The average molecular weight is 627 g/mol. The smallest absolute Gasteiger partial charge is 0.235 e. The van der Waals surface area contributed by atoms with Crippen molar-refractivity contribution >= 4 is 76.5 Å². The van der Waals surface area contributed by atoms with E-state index in [0.29, 0.717) is 5.95 Å². The van der Waals surface area contributed by atoms with Crippen molar-refractivity contribution in [2.24, 2.45) is 0 Å². The van der Waals surface area contributed by atoms with Gasteiger partial charge in [-0.25, -0.2) is 9.97 Å². The van der Waals surface area contributed by atoms with E-state index in [1.165, 1.54) is 0 Å². The van der Waals surface area contributed by atoms with Crippen LogP contribution in [0.25, 0.3) is 99.3 Å². The van der Waals surface area contributed by atoms with Gasteiger partial charge in [0.1, 0.15) is 11.2 Å². The fourth-order valence-corrected chi connectivity index (χ4v) is 7.91. The second kappa shape index (κ2) is 9.89. The summed E-state index contributed by atoms with van der Waals surface area (Å²) in [5, 5.41) is 7.67. The number of hydrogen-bond donors (Lipinski definition) is 0. The van der Waals surface area contributed by atoms with Gasteiger partial charge in [0, 0.05) is 38.2 Å². The van der Waals surface area contributed by atoms with E-state index >= 15 is 0 Å². The summed E-state index contributed by atoms with van der Waals surface area (Å²) < 4.78 is 11.6. The lowest BCUT2D eigenvalue weighted by Gasteiger charge is -2.13. The van der Waals surface area contributed by atoms with Gasteiger partial charge >= 0.3 is 0 Å². The molecule has 5 heteroatoms. The first-order valence-electron chi connectivity index (χ1n) is 16.5. The van der Waals surface area contributed by atoms with Crippen LogP contribution in [-0.2, 0) is 0 Å². The molecular weight excluding hydrogens is 601 g/mol. The van der Waals surface area contributed by atoms with Crippen LogP contribution in [0, 0.1) is 0 Å². The molecule has 4 aromatic heterocycles. The van der Waals surface area contributed by atoms with Crippen LogP contribution in [0.15, 0.2) is 162 Å². The Labute approximate surface area is 279 Å². The van der Waals surface area contributed by atoms with Gasteiger partial charge in [-0.05, 0) is 36.4 Å². The molecule has 228 valence electrons. The predicted octanol–water partition coefficient (Wildman–Crippen LogP) is 11.4. The third kappa shape index (κ3) is 3.59. The van der Waals surface area contributed by atoms with Gasteiger partial charge in [0.15, 0.2) is 0 Å². The Balaban J connectivity index is 1.44. The zero-order valence-electron chi connectivity index (χ0n) is 26.2. The van der Waals surface area contributed by atoms with Crippen LogP contribution in [0.1, 0.15) is 0 Å². The quantitative estimate of drug-likeness (QED) is 0.196. The van der Waals surface area contributed by atoms with Crippen molar-refractivity contribution in [3.05, 3.63) is 158 Å². The van der Waals surface area contributed by atoms with Crippen LogP contribution >= 0.6 is 0 Å². The highest BCUT2D eigenvalue weighted by atomic mass is 16.3. The Kier molecular flexibility index (Phi) is 5.32. The first-order chi connectivity index (χ1) is 24.3. The Morgan fingerprint density at radius 1 is 0.429 bits per heavy atom. The Hall–Kier alpha value is -6.72. The number of hydrogen-bond acceptors (Lipinski definition) is 3. The summed E-state index contributed by atoms with van der Waals surface area (Å²) >= 11 is 0. The first-order valence-corrected chi connectivity index (χ1v) is 16.5. The molecule has 11 rings (SSSR count). The standard InChI is InChI=1S/C44H26N4O/c1-3-15-27(16-4-1)40-29-19-7-11-23-33(29)45-44(46-40)48-35-25-13-9-21-31(35)38-42(48)37-30-20-8-12-24-34(30)47(28-17-5-2-6-18-28)41(37)39-32-22-10-14-26-36(32)49-43(38)39/h1-26H. The van der Waals surface area contributed by atoms with Crippen molar-refractivity contribution in [3.63, 3.8) is 0 Å². The maximum Gasteiger partial charge on any atom is 0.235 e. The summed E-state index contributed by atoms with van der Waals surface area (Å²) in [6.07, 6.45) is 0. The van der Waals surface area contributed by atoms with Gasteiger partial charge in [-0.3, -0.25) is 4.57 Å². The second-order valence-electron chi connectivity index (χ2n) is 12.5. The highest BCUT2D eigenvalue weighted by molar-refractivity contribution is 6.39. The van der Waals surface area contributed by atoms with Gasteiger partial charge in [0.25, 0.3) is 0 Å². The second-order valence-corrected chi connectivity index (χ2v) is 12.5. The molecule has 0 N–H and O–H groups in total. The Morgan fingerprint density at radius 2 is 0.980 bits per heavy atom. The van der Waals surface area contributed by atoms with E-state index in [1.54, 1.807) is 0 Å². The number of para-hydroxylation sites is 5. The number of aromatic nitrogens is 4. The normalized spacial score (nSPS) is 12.1. The zero-order valence-corrected chi connectivity index (χ0v) is 26.2. The third-order valence-electron chi connectivity index (χ3n) is 9.90. The minimum atomic E-state index is 0.622. The van der Waals surface area contributed by atoms with Crippen LogP contribution in [0.4, 0.5) is 0 Å². The van der Waals surface area contributed by atoms with Crippen LogP contribution in [-0.4, -0.2) is 19.1 Å². The van der Waals surface area contributed by atoms with Crippen molar-refractivity contribution in [2.75, 3.05) is 0 Å². The van der Waals surface area contributed by atoms with Crippen molar-refractivity contribution in [3.8, 4) is 22.9 Å². The van der Waals surface area contributed by atoms with E-state index in [4.69, 9.17) is 14.4 Å². The van der Waals surface area contributed by atoms with E-state index in [1.807, 2.05) is 18.2 Å². The first kappa shape index (κ1) is 26.4. The molecule has 0 unspecified atom stereocenters. The molecule has 0 spiro atoms. The summed E-state index contributed by atoms with van der Waals surface area (Å²) in [6, 6.07) is 55.0. The molecule has 0 amide bonds. The Bertz CT molecular complexity index is 3100. The lowest BCUT2D eigenvalue weighted by atomic mass is 10.0. The minimum Gasteiger partial charge on any atom is -0.455 e. The van der Waals surface area contributed by atoms with Gasteiger partial charge in [-0.15, -0.1) is 0 Å². The van der Waals surface area contributed by atoms with Gasteiger partial charge < -0.3 is 8.98 Å². The molecule has 5 nitrogen and oxygen atoms in total. The number of nitrogens with zero attached hydrogens (tertiary/aromatic N) is 4. The summed E-state index contributed by atoms with van der Waals surface area (Å²) in [6.45, 7) is 0. The lowest BCUT2D eigenvalue weighted by molar-refractivity contribution is 0.673. The molecule has 4 heterocycles. The van der Waals surface area contributed by atoms with Gasteiger partial charge in [0.05, 0.1) is 44.0 Å². The van der Waals surface area contributed by atoms with Gasteiger partial charge in [-0.1, -0.05) is 121 Å². The number of benzene rings is 7. The maximum absolute atomic E-state index is 6.91. The van der Waals surface area contributed by atoms with E-state index in [2.05, 4.69) is 149 Å². The maximum atomic E-state index is 6.91. The topological polar surface area (TPSA) is 48.8 Å². The molecule has 0 aliphatic heterocycles. The monoisotopic (exact) mass is 626 g/mol. The highest BCUT2D eigenvalue weighted by Crippen LogP contribution is 2.49. The molecule has 0 bridgehead atoms. The van der Waals surface area contributed by atoms with Crippen molar-refractivity contribution in [1.29, 1.82) is 0 Å². The molecule has 0 atom stereocenters. The van der Waals surface area contributed by atoms with Crippen LogP contribution < -0.4 is 0 Å². The molecule has 0 aliphatic carbocycles. The minimum absolute atomic E-state index is 0.622. The highest BCUT2D eigenvalue weighted by Gasteiger charge is 2.28. The van der Waals surface area contributed by atoms with Crippen LogP contribution in [0.5, 0.6) is 0 Å².